The number of azo groups is 1. The van der Waals surface area contributed by atoms with Gasteiger partial charge in [-0.1, -0.05) is 0 Å². The summed E-state index contributed by atoms with van der Waals surface area (Å²) < 4.78 is 11.6. The molecule has 8 heteroatoms. The highest BCUT2D eigenvalue weighted by atomic mass is 16.5. The van der Waals surface area contributed by atoms with Gasteiger partial charge in [0.25, 0.3) is 0 Å². The zero-order valence-corrected chi connectivity index (χ0v) is 21.1. The van der Waals surface area contributed by atoms with Crippen LogP contribution in [0.1, 0.15) is 49.9 Å². The van der Waals surface area contributed by atoms with E-state index in [4.69, 9.17) is 9.47 Å². The van der Waals surface area contributed by atoms with Crippen LogP contribution in [-0.4, -0.2) is 73.3 Å². The first-order valence-corrected chi connectivity index (χ1v) is 12.5. The average Bonchev–Trinajstić information content (AvgIpc) is 2.88. The van der Waals surface area contributed by atoms with Crippen LogP contribution in [0.25, 0.3) is 0 Å². The highest BCUT2D eigenvalue weighted by molar-refractivity contribution is 5.89. The number of hydrogen-bond acceptors (Lipinski definition) is 7. The molecule has 0 aliphatic carbocycles. The van der Waals surface area contributed by atoms with Crippen LogP contribution in [0, 0.1) is 0 Å². The molecule has 2 aromatic rings. The lowest BCUT2D eigenvalue weighted by molar-refractivity contribution is -0.927. The quantitative estimate of drug-likeness (QED) is 0.141. The Morgan fingerprint density at radius 3 is 1.91 bits per heavy atom. The summed E-state index contributed by atoms with van der Waals surface area (Å²) >= 11 is 0. The maximum absolute atomic E-state index is 11.7. The van der Waals surface area contributed by atoms with E-state index < -0.39 is 0 Å². The first-order valence-electron chi connectivity index (χ1n) is 12.5. The lowest BCUT2D eigenvalue weighted by Gasteiger charge is -2.37. The molecule has 0 amide bonds. The lowest BCUT2D eigenvalue weighted by Crippen LogP contribution is -2.52. The fourth-order valence-electron chi connectivity index (χ4n) is 3.93. The molecule has 0 aliphatic rings. The third kappa shape index (κ3) is 10.1. The van der Waals surface area contributed by atoms with Gasteiger partial charge in [-0.05, 0) is 88.1 Å². The van der Waals surface area contributed by atoms with Crippen molar-refractivity contribution in [3.63, 3.8) is 0 Å². The van der Waals surface area contributed by atoms with Crippen LogP contribution >= 0.6 is 0 Å². The van der Waals surface area contributed by atoms with Gasteiger partial charge in [-0.3, -0.25) is 0 Å². The lowest BCUT2D eigenvalue weighted by atomic mass is 10.1. The first kappa shape index (κ1) is 28.4. The predicted octanol–water partition coefficient (Wildman–Crippen LogP) is 5.04. The van der Waals surface area contributed by atoms with Crippen molar-refractivity contribution in [2.75, 3.05) is 52.6 Å². The van der Waals surface area contributed by atoms with Crippen LogP contribution in [-0.2, 0) is 4.74 Å². The fourth-order valence-corrected chi connectivity index (χ4v) is 3.93. The third-order valence-corrected chi connectivity index (χ3v) is 6.11. The molecule has 2 aromatic carbocycles. The Labute approximate surface area is 208 Å². The van der Waals surface area contributed by atoms with Crippen molar-refractivity contribution in [1.82, 2.24) is 0 Å². The molecule has 2 N–H and O–H groups in total. The number of likely N-dealkylation sites (N-methyl/N-ethyl adjacent to an activating group) is 1. The number of hydrogen-bond donors (Lipinski definition) is 2. The number of quaternary nitrogens is 1. The van der Waals surface area contributed by atoms with E-state index in [0.717, 1.165) is 54.7 Å². The predicted molar refractivity (Wildman–Crippen MR) is 137 cm³/mol. The fraction of sp³-hybridized carbons (Fsp3) is 0.519. The molecule has 0 heterocycles. The van der Waals surface area contributed by atoms with Crippen molar-refractivity contribution >= 4 is 17.3 Å². The molecular formula is C27H40N3O5+. The van der Waals surface area contributed by atoms with E-state index in [0.29, 0.717) is 37.6 Å². The summed E-state index contributed by atoms with van der Waals surface area (Å²) in [6.07, 6.45) is 4.26. The molecule has 192 valence electrons. The molecule has 0 atom stereocenters. The van der Waals surface area contributed by atoms with Crippen LogP contribution < -0.4 is 4.74 Å². The van der Waals surface area contributed by atoms with Crippen molar-refractivity contribution in [3.05, 3.63) is 54.1 Å². The summed E-state index contributed by atoms with van der Waals surface area (Å²) in [5.74, 6) is 0.454. The van der Waals surface area contributed by atoms with E-state index in [1.807, 2.05) is 24.3 Å². The molecule has 0 fully saturated rings. The summed E-state index contributed by atoms with van der Waals surface area (Å²) in [5.41, 5.74) is 1.86. The van der Waals surface area contributed by atoms with Gasteiger partial charge in [0.15, 0.2) is 0 Å². The van der Waals surface area contributed by atoms with E-state index >= 15 is 0 Å². The molecule has 0 radical (unpaired) electrons. The highest BCUT2D eigenvalue weighted by Gasteiger charge is 2.23. The Bertz CT molecular complexity index is 879. The van der Waals surface area contributed by atoms with Crippen molar-refractivity contribution in [3.8, 4) is 5.75 Å². The summed E-state index contributed by atoms with van der Waals surface area (Å²) in [4.78, 5) is 11.7. The average molecular weight is 487 g/mol. The smallest absolute Gasteiger partial charge is 0.338 e. The van der Waals surface area contributed by atoms with Crippen molar-refractivity contribution < 1.29 is 29.0 Å². The number of aliphatic hydroxyl groups excluding tert-OH is 2. The van der Waals surface area contributed by atoms with Gasteiger partial charge in [0.2, 0.25) is 0 Å². The number of rotatable bonds is 17. The Balaban J connectivity index is 1.68. The largest absolute Gasteiger partial charge is 0.494 e. The standard InChI is InChI=1S/C27H40N3O5/c1-3-30(18-20-31,19-21-32)17-7-5-6-8-22-35-26-15-13-25(14-16-26)29-28-24-11-9-23(10-12-24)27(33)34-4-2/h9-16,31-32H,3-8,17-22H2,1-2H3/q+1. The van der Waals surface area contributed by atoms with Gasteiger partial charge in [0.05, 0.1) is 56.5 Å². The van der Waals surface area contributed by atoms with Gasteiger partial charge in [-0.25, -0.2) is 4.79 Å². The number of carbonyl (C=O) groups is 1. The van der Waals surface area contributed by atoms with E-state index in [2.05, 4.69) is 17.2 Å². The monoisotopic (exact) mass is 486 g/mol. The van der Waals surface area contributed by atoms with E-state index in [1.54, 1.807) is 31.2 Å². The molecule has 2 rings (SSSR count). The van der Waals surface area contributed by atoms with Gasteiger partial charge < -0.3 is 24.2 Å². The molecule has 0 saturated heterocycles. The topological polar surface area (TPSA) is 101 Å². The van der Waals surface area contributed by atoms with Crippen molar-refractivity contribution in [2.45, 2.75) is 39.5 Å². The van der Waals surface area contributed by atoms with Gasteiger partial charge >= 0.3 is 5.97 Å². The first-order chi connectivity index (χ1) is 17.1. The van der Waals surface area contributed by atoms with Crippen LogP contribution in [0.3, 0.4) is 0 Å². The van der Waals surface area contributed by atoms with Gasteiger partial charge in [0.1, 0.15) is 18.8 Å². The molecular weight excluding hydrogens is 446 g/mol. The van der Waals surface area contributed by atoms with E-state index in [9.17, 15) is 15.0 Å². The Hall–Kier alpha value is -2.81. The summed E-state index contributed by atoms with van der Waals surface area (Å²) in [7, 11) is 0. The maximum Gasteiger partial charge on any atom is 0.338 e. The number of nitrogens with zero attached hydrogens (tertiary/aromatic N) is 3. The number of esters is 1. The molecule has 0 spiro atoms. The SMILES string of the molecule is CCOC(=O)c1ccc(N=Nc2ccc(OCCCCCC[N+](CC)(CCO)CCO)cc2)cc1. The molecule has 0 aromatic heterocycles. The Kier molecular flexibility index (Phi) is 13.0. The minimum Gasteiger partial charge on any atom is -0.494 e. The van der Waals surface area contributed by atoms with E-state index in [1.165, 1.54) is 0 Å². The molecule has 8 nitrogen and oxygen atoms in total. The Morgan fingerprint density at radius 1 is 0.800 bits per heavy atom. The van der Waals surface area contributed by atoms with Gasteiger partial charge in [-0.15, -0.1) is 0 Å². The van der Waals surface area contributed by atoms with Gasteiger partial charge in [-0.2, -0.15) is 10.2 Å². The minimum absolute atomic E-state index is 0.159. The summed E-state index contributed by atoms with van der Waals surface area (Å²) in [5, 5.41) is 27.1. The summed E-state index contributed by atoms with van der Waals surface area (Å²) in [6.45, 7) is 8.55. The second-order valence-electron chi connectivity index (χ2n) is 8.50. The number of unbranched alkanes of at least 4 members (excludes halogenated alkanes) is 3. The normalized spacial score (nSPS) is 11.7. The van der Waals surface area contributed by atoms with E-state index in [-0.39, 0.29) is 19.2 Å². The second kappa shape index (κ2) is 16.0. The van der Waals surface area contributed by atoms with Crippen LogP contribution in [0.2, 0.25) is 0 Å². The highest BCUT2D eigenvalue weighted by Crippen LogP contribution is 2.22. The zero-order valence-electron chi connectivity index (χ0n) is 21.1. The third-order valence-electron chi connectivity index (χ3n) is 6.11. The number of ether oxygens (including phenoxy) is 2. The van der Waals surface area contributed by atoms with Crippen molar-refractivity contribution in [1.29, 1.82) is 0 Å². The molecule has 0 unspecified atom stereocenters. The van der Waals surface area contributed by atoms with Crippen LogP contribution in [0.5, 0.6) is 5.75 Å². The minimum atomic E-state index is -0.347. The number of aliphatic hydroxyl groups is 2. The molecule has 0 saturated carbocycles. The van der Waals surface area contributed by atoms with Crippen molar-refractivity contribution in [2.24, 2.45) is 10.2 Å². The maximum atomic E-state index is 11.7. The molecule has 0 bridgehead atoms. The van der Waals surface area contributed by atoms with Gasteiger partial charge in [0, 0.05) is 0 Å². The molecule has 35 heavy (non-hydrogen) atoms. The number of carbonyl (C=O) groups excluding carboxylic acids is 1. The zero-order chi connectivity index (χ0) is 25.4. The molecule has 0 aliphatic heterocycles. The Morgan fingerprint density at radius 2 is 1.37 bits per heavy atom. The van der Waals surface area contributed by atoms with Crippen LogP contribution in [0.15, 0.2) is 58.8 Å². The number of benzene rings is 2. The summed E-state index contributed by atoms with van der Waals surface area (Å²) in [6, 6.07) is 14.3. The van der Waals surface area contributed by atoms with Crippen LogP contribution in [0.4, 0.5) is 11.4 Å². The second-order valence-corrected chi connectivity index (χ2v) is 8.50.